The highest BCUT2D eigenvalue weighted by molar-refractivity contribution is 7.93. The van der Waals surface area contributed by atoms with E-state index < -0.39 is 21.8 Å². The summed E-state index contributed by atoms with van der Waals surface area (Å²) in [6, 6.07) is 9.94. The molecule has 4 rings (SSSR count). The van der Waals surface area contributed by atoms with Gasteiger partial charge in [-0.3, -0.25) is 9.71 Å². The molecule has 0 fully saturated rings. The zero-order valence-corrected chi connectivity index (χ0v) is 23.9. The molecule has 1 N–H and O–H groups in total. The van der Waals surface area contributed by atoms with Crippen LogP contribution in [0, 0.1) is 5.82 Å². The highest BCUT2D eigenvalue weighted by Crippen LogP contribution is 2.38. The van der Waals surface area contributed by atoms with Crippen LogP contribution in [-0.2, 0) is 14.8 Å². The number of anilines is 1. The fraction of sp³-hybridized carbons (Fsp3) is 0.259. The summed E-state index contributed by atoms with van der Waals surface area (Å²) in [5, 5.41) is 2.02. The van der Waals surface area contributed by atoms with Crippen LogP contribution in [0.25, 0.3) is 10.9 Å². The van der Waals surface area contributed by atoms with Crippen molar-refractivity contribution in [1.29, 1.82) is 0 Å². The number of halogens is 1. The number of benzene rings is 2. The summed E-state index contributed by atoms with van der Waals surface area (Å²) in [5.41, 5.74) is 0.507. The Bertz CT molecular complexity index is 1620. The normalized spacial score (nSPS) is 11.4. The first-order valence-electron chi connectivity index (χ1n) is 12.0. The van der Waals surface area contributed by atoms with E-state index in [-0.39, 0.29) is 21.2 Å². The summed E-state index contributed by atoms with van der Waals surface area (Å²) in [6.07, 6.45) is 2.36. The number of ether oxygens (including phenoxy) is 4. The lowest BCUT2D eigenvalue weighted by Gasteiger charge is -2.15. The first-order chi connectivity index (χ1) is 19.1. The Balaban J connectivity index is 1.55. The molecule has 10 nitrogen and oxygen atoms in total. The zero-order valence-electron chi connectivity index (χ0n) is 22.3. The number of rotatable bonds is 12. The SMILES string of the molecule is COC(=O)c1sccc1S(=O)(=O)Nc1ccc(Oc2ccnc3cc(OCCCN(C)C)c(OC)cc23)c(F)c1. The molecule has 0 aliphatic carbocycles. The Kier molecular flexibility index (Phi) is 9.07. The molecule has 0 radical (unpaired) electrons. The molecule has 0 bridgehead atoms. The number of esters is 1. The van der Waals surface area contributed by atoms with Gasteiger partial charge in [-0.05, 0) is 56.2 Å². The highest BCUT2D eigenvalue weighted by atomic mass is 32.2. The van der Waals surface area contributed by atoms with Crippen LogP contribution in [0.2, 0.25) is 0 Å². The van der Waals surface area contributed by atoms with E-state index in [1.54, 1.807) is 18.2 Å². The van der Waals surface area contributed by atoms with Crippen LogP contribution in [-0.4, -0.2) is 65.7 Å². The molecule has 0 aliphatic rings. The molecule has 0 atom stereocenters. The van der Waals surface area contributed by atoms with Gasteiger partial charge in [0.25, 0.3) is 10.0 Å². The molecule has 0 aliphatic heterocycles. The van der Waals surface area contributed by atoms with Crippen molar-refractivity contribution in [3.63, 3.8) is 0 Å². The van der Waals surface area contributed by atoms with E-state index in [4.69, 9.17) is 14.2 Å². The van der Waals surface area contributed by atoms with Gasteiger partial charge >= 0.3 is 5.97 Å². The van der Waals surface area contributed by atoms with Gasteiger partial charge in [-0.2, -0.15) is 0 Å². The van der Waals surface area contributed by atoms with Gasteiger partial charge in [0.2, 0.25) is 0 Å². The third-order valence-electron chi connectivity index (χ3n) is 5.69. The van der Waals surface area contributed by atoms with Crippen LogP contribution in [0.3, 0.4) is 0 Å². The zero-order chi connectivity index (χ0) is 28.9. The van der Waals surface area contributed by atoms with Crippen LogP contribution in [0.15, 0.2) is 58.9 Å². The third-order valence-corrected chi connectivity index (χ3v) is 8.13. The molecule has 0 amide bonds. The average Bonchev–Trinajstić information content (AvgIpc) is 3.43. The fourth-order valence-corrected chi connectivity index (χ4v) is 6.16. The van der Waals surface area contributed by atoms with Crippen molar-refractivity contribution < 1.29 is 36.6 Å². The standard InChI is InChI=1S/C27H28FN3O7S2/c1-31(2)11-5-12-37-24-16-20-18(15-23(24)35-3)21(8-10-29-20)38-22-7-6-17(14-19(22)28)30-40(33,34)25-9-13-39-26(25)27(32)36-4/h6-10,13-16,30H,5,11-12H2,1-4H3. The minimum Gasteiger partial charge on any atom is -0.493 e. The largest absolute Gasteiger partial charge is 0.493 e. The first-order valence-corrected chi connectivity index (χ1v) is 14.4. The van der Waals surface area contributed by atoms with Gasteiger partial charge < -0.3 is 23.8 Å². The van der Waals surface area contributed by atoms with Gasteiger partial charge in [0.05, 0.1) is 32.0 Å². The van der Waals surface area contributed by atoms with Crippen molar-refractivity contribution in [3.8, 4) is 23.0 Å². The van der Waals surface area contributed by atoms with Crippen molar-refractivity contribution in [2.24, 2.45) is 0 Å². The number of fused-ring (bicyclic) bond motifs is 1. The number of methoxy groups -OCH3 is 2. The molecule has 2 aromatic carbocycles. The molecule has 2 aromatic heterocycles. The van der Waals surface area contributed by atoms with Crippen molar-refractivity contribution in [3.05, 3.63) is 64.7 Å². The van der Waals surface area contributed by atoms with Crippen molar-refractivity contribution >= 4 is 43.9 Å². The Morgan fingerprint density at radius 1 is 1.05 bits per heavy atom. The van der Waals surface area contributed by atoms with E-state index in [2.05, 4.69) is 19.3 Å². The van der Waals surface area contributed by atoms with Gasteiger partial charge in [-0.1, -0.05) is 0 Å². The number of sulfonamides is 1. The Morgan fingerprint density at radius 2 is 1.85 bits per heavy atom. The van der Waals surface area contributed by atoms with Crippen LogP contribution < -0.4 is 18.9 Å². The van der Waals surface area contributed by atoms with Crippen LogP contribution in [0.4, 0.5) is 10.1 Å². The van der Waals surface area contributed by atoms with Crippen molar-refractivity contribution in [2.45, 2.75) is 11.3 Å². The maximum atomic E-state index is 15.1. The Morgan fingerprint density at radius 3 is 2.55 bits per heavy atom. The van der Waals surface area contributed by atoms with Gasteiger partial charge in [-0.15, -0.1) is 11.3 Å². The summed E-state index contributed by atoms with van der Waals surface area (Å²) in [5.74, 6) is -0.409. The molecule has 40 heavy (non-hydrogen) atoms. The van der Waals surface area contributed by atoms with E-state index in [0.29, 0.717) is 34.8 Å². The maximum Gasteiger partial charge on any atom is 0.349 e. The number of thiophene rings is 1. The predicted molar refractivity (Wildman–Crippen MR) is 150 cm³/mol. The number of hydrogen-bond donors (Lipinski definition) is 1. The second-order valence-electron chi connectivity index (χ2n) is 8.79. The summed E-state index contributed by atoms with van der Waals surface area (Å²) in [7, 11) is 2.48. The number of carbonyl (C=O) groups excluding carboxylic acids is 1. The quantitative estimate of drug-likeness (QED) is 0.177. The Labute approximate surface area is 235 Å². The number of pyridine rings is 1. The summed E-state index contributed by atoms with van der Waals surface area (Å²) in [6.45, 7) is 1.37. The summed E-state index contributed by atoms with van der Waals surface area (Å²) < 4.78 is 64.9. The Hall–Kier alpha value is -3.94. The molecule has 0 unspecified atom stereocenters. The average molecular weight is 590 g/mol. The molecular formula is C27H28FN3O7S2. The lowest BCUT2D eigenvalue weighted by molar-refractivity contribution is 0.0602. The summed E-state index contributed by atoms with van der Waals surface area (Å²) in [4.78, 5) is 18.0. The number of carbonyl (C=O) groups is 1. The van der Waals surface area contributed by atoms with E-state index >= 15 is 4.39 Å². The molecule has 0 saturated heterocycles. The first kappa shape index (κ1) is 29.1. The van der Waals surface area contributed by atoms with Crippen molar-refractivity contribution in [1.82, 2.24) is 9.88 Å². The summed E-state index contributed by atoms with van der Waals surface area (Å²) >= 11 is 0.925. The predicted octanol–water partition coefficient (Wildman–Crippen LogP) is 5.15. The molecule has 4 aromatic rings. The van der Waals surface area contributed by atoms with Gasteiger partial charge in [-0.25, -0.2) is 17.6 Å². The van der Waals surface area contributed by atoms with Crippen LogP contribution in [0.5, 0.6) is 23.0 Å². The highest BCUT2D eigenvalue weighted by Gasteiger charge is 2.25. The minimum absolute atomic E-state index is 0.0517. The third kappa shape index (κ3) is 6.61. The van der Waals surface area contributed by atoms with Crippen LogP contribution >= 0.6 is 11.3 Å². The topological polar surface area (TPSA) is 116 Å². The van der Waals surface area contributed by atoms with E-state index in [9.17, 15) is 13.2 Å². The van der Waals surface area contributed by atoms with Crippen LogP contribution in [0.1, 0.15) is 16.1 Å². The lowest BCUT2D eigenvalue weighted by atomic mass is 10.1. The van der Waals surface area contributed by atoms with Crippen molar-refractivity contribution in [2.75, 3.05) is 46.2 Å². The maximum absolute atomic E-state index is 15.1. The van der Waals surface area contributed by atoms with Gasteiger partial charge in [0.15, 0.2) is 23.1 Å². The molecular weight excluding hydrogens is 561 g/mol. The van der Waals surface area contributed by atoms with E-state index in [1.165, 1.54) is 36.9 Å². The number of nitrogens with one attached hydrogen (secondary N) is 1. The minimum atomic E-state index is -4.18. The van der Waals surface area contributed by atoms with E-state index in [0.717, 1.165) is 37.5 Å². The van der Waals surface area contributed by atoms with Gasteiger partial charge in [0.1, 0.15) is 15.5 Å². The fourth-order valence-electron chi connectivity index (χ4n) is 3.78. The molecule has 0 spiro atoms. The second kappa shape index (κ2) is 12.5. The molecule has 212 valence electrons. The van der Waals surface area contributed by atoms with E-state index in [1.807, 2.05) is 14.1 Å². The number of nitrogens with zero attached hydrogens (tertiary/aromatic N) is 2. The number of aromatic nitrogens is 1. The molecule has 13 heteroatoms. The second-order valence-corrected chi connectivity index (χ2v) is 11.4. The molecule has 2 heterocycles. The van der Waals surface area contributed by atoms with Gasteiger partial charge in [0, 0.05) is 30.3 Å². The lowest BCUT2D eigenvalue weighted by Crippen LogP contribution is -2.15. The monoisotopic (exact) mass is 589 g/mol. The molecule has 0 saturated carbocycles. The number of hydrogen-bond acceptors (Lipinski definition) is 10. The smallest absolute Gasteiger partial charge is 0.349 e.